The Labute approximate surface area is 180 Å². The Bertz CT molecular complexity index is 1060. The van der Waals surface area contributed by atoms with Gasteiger partial charge in [0.05, 0.1) is 12.5 Å². The van der Waals surface area contributed by atoms with Gasteiger partial charge in [-0.05, 0) is 48.9 Å². The summed E-state index contributed by atoms with van der Waals surface area (Å²) < 4.78 is 19.1. The van der Waals surface area contributed by atoms with Crippen molar-refractivity contribution in [3.8, 4) is 5.75 Å². The maximum Gasteiger partial charge on any atom is 0.141 e. The highest BCUT2D eigenvalue weighted by atomic mass is 32.1. The van der Waals surface area contributed by atoms with Gasteiger partial charge in [0.2, 0.25) is 0 Å². The number of ether oxygens (including phenoxy) is 1. The van der Waals surface area contributed by atoms with Gasteiger partial charge in [0.1, 0.15) is 28.5 Å². The third-order valence-corrected chi connectivity index (χ3v) is 7.58. The molecular weight excluding hydrogens is 399 g/mol. The van der Waals surface area contributed by atoms with E-state index in [9.17, 15) is 4.39 Å². The lowest BCUT2D eigenvalue weighted by atomic mass is 9.88. The zero-order chi connectivity index (χ0) is 20.7. The van der Waals surface area contributed by atoms with E-state index in [1.807, 2.05) is 11.3 Å². The van der Waals surface area contributed by atoms with Crippen molar-refractivity contribution in [2.45, 2.75) is 32.7 Å². The number of methoxy groups -OCH3 is 1. The SMILES string of the molecule is COc1ccc(F)cc1CN1CCN(c2ncnc3sc4c(c23)CC(C)CC4)CC1. The summed E-state index contributed by atoms with van der Waals surface area (Å²) in [5.41, 5.74) is 2.38. The number of benzene rings is 1. The van der Waals surface area contributed by atoms with E-state index < -0.39 is 0 Å². The first-order valence-corrected chi connectivity index (χ1v) is 11.5. The molecule has 3 heterocycles. The Morgan fingerprint density at radius 2 is 2.03 bits per heavy atom. The third kappa shape index (κ3) is 3.65. The molecule has 2 aromatic heterocycles. The van der Waals surface area contributed by atoms with E-state index in [4.69, 9.17) is 9.72 Å². The third-order valence-electron chi connectivity index (χ3n) is 6.38. The smallest absolute Gasteiger partial charge is 0.141 e. The van der Waals surface area contributed by atoms with Crippen molar-refractivity contribution in [2.75, 3.05) is 38.2 Å². The number of hydrogen-bond acceptors (Lipinski definition) is 6. The summed E-state index contributed by atoms with van der Waals surface area (Å²) in [7, 11) is 1.64. The number of hydrogen-bond donors (Lipinski definition) is 0. The topological polar surface area (TPSA) is 41.5 Å². The molecule has 158 valence electrons. The van der Waals surface area contributed by atoms with Crippen molar-refractivity contribution >= 4 is 27.4 Å². The first-order chi connectivity index (χ1) is 14.6. The van der Waals surface area contributed by atoms with Gasteiger partial charge in [0.15, 0.2) is 0 Å². The predicted molar refractivity (Wildman–Crippen MR) is 119 cm³/mol. The van der Waals surface area contributed by atoms with Crippen LogP contribution in [0.2, 0.25) is 0 Å². The summed E-state index contributed by atoms with van der Waals surface area (Å²) in [6.07, 6.45) is 5.28. The van der Waals surface area contributed by atoms with Crippen LogP contribution in [-0.4, -0.2) is 48.2 Å². The summed E-state index contributed by atoms with van der Waals surface area (Å²) in [5.74, 6) is 2.34. The average Bonchev–Trinajstić information content (AvgIpc) is 3.12. The number of aromatic nitrogens is 2. The molecule has 0 radical (unpaired) electrons. The Morgan fingerprint density at radius 3 is 2.83 bits per heavy atom. The number of piperazine rings is 1. The molecule has 3 aromatic rings. The van der Waals surface area contributed by atoms with Gasteiger partial charge in [-0.15, -0.1) is 11.3 Å². The molecule has 0 amide bonds. The van der Waals surface area contributed by atoms with E-state index in [1.54, 1.807) is 25.6 Å². The lowest BCUT2D eigenvalue weighted by Crippen LogP contribution is -2.46. The molecule has 1 aliphatic carbocycles. The van der Waals surface area contributed by atoms with Crippen molar-refractivity contribution in [1.82, 2.24) is 14.9 Å². The molecule has 1 atom stereocenters. The second-order valence-electron chi connectivity index (χ2n) is 8.45. The highest BCUT2D eigenvalue weighted by Gasteiger charge is 2.27. The van der Waals surface area contributed by atoms with Crippen LogP contribution in [-0.2, 0) is 19.4 Å². The second kappa shape index (κ2) is 8.12. The number of rotatable bonds is 4. The Morgan fingerprint density at radius 1 is 1.20 bits per heavy atom. The van der Waals surface area contributed by atoms with E-state index in [2.05, 4.69) is 21.7 Å². The van der Waals surface area contributed by atoms with E-state index in [1.165, 1.54) is 34.7 Å². The van der Waals surface area contributed by atoms with Crippen LogP contribution in [0.5, 0.6) is 5.75 Å². The lowest BCUT2D eigenvalue weighted by Gasteiger charge is -2.36. The van der Waals surface area contributed by atoms with Crippen molar-refractivity contribution in [1.29, 1.82) is 0 Å². The van der Waals surface area contributed by atoms with Crippen molar-refractivity contribution in [2.24, 2.45) is 5.92 Å². The molecule has 1 aromatic carbocycles. The van der Waals surface area contributed by atoms with Crippen LogP contribution in [0.3, 0.4) is 0 Å². The molecule has 5 rings (SSSR count). The summed E-state index contributed by atoms with van der Waals surface area (Å²) in [5, 5.41) is 1.28. The summed E-state index contributed by atoms with van der Waals surface area (Å²) in [6, 6.07) is 4.74. The first-order valence-electron chi connectivity index (χ1n) is 10.7. The highest BCUT2D eigenvalue weighted by Crippen LogP contribution is 2.40. The minimum absolute atomic E-state index is 0.218. The van der Waals surface area contributed by atoms with Gasteiger partial charge in [-0.25, -0.2) is 14.4 Å². The number of aryl methyl sites for hydroxylation is 1. The summed E-state index contributed by atoms with van der Waals surface area (Å²) in [4.78, 5) is 16.7. The molecule has 0 spiro atoms. The summed E-state index contributed by atoms with van der Waals surface area (Å²) in [6.45, 7) is 6.67. The normalized spacial score (nSPS) is 19.8. The van der Waals surface area contributed by atoms with Crippen LogP contribution in [0.25, 0.3) is 10.2 Å². The van der Waals surface area contributed by atoms with Crippen LogP contribution in [0.4, 0.5) is 10.2 Å². The van der Waals surface area contributed by atoms with Gasteiger partial charge in [0.25, 0.3) is 0 Å². The van der Waals surface area contributed by atoms with Crippen LogP contribution < -0.4 is 9.64 Å². The lowest BCUT2D eigenvalue weighted by molar-refractivity contribution is 0.245. The zero-order valence-electron chi connectivity index (χ0n) is 17.5. The largest absolute Gasteiger partial charge is 0.496 e. The first kappa shape index (κ1) is 19.7. The van der Waals surface area contributed by atoms with Gasteiger partial charge >= 0.3 is 0 Å². The molecule has 1 fully saturated rings. The van der Waals surface area contributed by atoms with E-state index in [0.717, 1.165) is 60.5 Å². The molecule has 1 saturated heterocycles. The van der Waals surface area contributed by atoms with Gasteiger partial charge in [-0.2, -0.15) is 0 Å². The van der Waals surface area contributed by atoms with E-state index in [0.29, 0.717) is 6.54 Å². The summed E-state index contributed by atoms with van der Waals surface area (Å²) >= 11 is 1.85. The average molecular weight is 427 g/mol. The molecule has 2 aliphatic rings. The zero-order valence-corrected chi connectivity index (χ0v) is 18.3. The fourth-order valence-corrected chi connectivity index (χ4v) is 5.91. The van der Waals surface area contributed by atoms with Crippen molar-refractivity contribution in [3.05, 3.63) is 46.3 Å². The number of fused-ring (bicyclic) bond motifs is 3. The monoisotopic (exact) mass is 426 g/mol. The van der Waals surface area contributed by atoms with Crippen molar-refractivity contribution < 1.29 is 9.13 Å². The molecule has 5 nitrogen and oxygen atoms in total. The maximum atomic E-state index is 13.7. The van der Waals surface area contributed by atoms with Crippen molar-refractivity contribution in [3.63, 3.8) is 0 Å². The fourth-order valence-electron chi connectivity index (χ4n) is 4.73. The number of nitrogens with zero attached hydrogens (tertiary/aromatic N) is 4. The molecule has 1 aliphatic heterocycles. The van der Waals surface area contributed by atoms with E-state index in [-0.39, 0.29) is 5.82 Å². The standard InChI is InChI=1S/C23H27FN4OS/c1-15-3-6-20-18(11-15)21-22(25-14-26-23(21)30-20)28-9-7-27(8-10-28)13-16-12-17(24)4-5-19(16)29-2/h4-5,12,14-15H,3,6-11,13H2,1-2H3. The molecule has 7 heteroatoms. The van der Waals surface area contributed by atoms with Crippen LogP contribution in [0, 0.1) is 11.7 Å². The van der Waals surface area contributed by atoms with Gasteiger partial charge < -0.3 is 9.64 Å². The molecule has 30 heavy (non-hydrogen) atoms. The van der Waals surface area contributed by atoms with Crippen LogP contribution in [0.1, 0.15) is 29.3 Å². The fraction of sp³-hybridized carbons (Fsp3) is 0.478. The minimum Gasteiger partial charge on any atom is -0.496 e. The van der Waals surface area contributed by atoms with Crippen LogP contribution >= 0.6 is 11.3 Å². The number of halogens is 1. The predicted octanol–water partition coefficient (Wildman–Crippen LogP) is 4.29. The maximum absolute atomic E-state index is 13.7. The minimum atomic E-state index is -0.218. The van der Waals surface area contributed by atoms with Crippen LogP contribution in [0.15, 0.2) is 24.5 Å². The van der Waals surface area contributed by atoms with E-state index >= 15 is 0 Å². The molecule has 0 bridgehead atoms. The molecule has 0 saturated carbocycles. The molecular formula is C23H27FN4OS. The Balaban J connectivity index is 1.35. The van der Waals surface area contributed by atoms with Gasteiger partial charge in [-0.1, -0.05) is 6.92 Å². The number of anilines is 1. The Kier molecular flexibility index (Phi) is 5.33. The highest BCUT2D eigenvalue weighted by molar-refractivity contribution is 7.19. The number of thiophene rings is 1. The van der Waals surface area contributed by atoms with Gasteiger partial charge in [-0.3, -0.25) is 4.90 Å². The quantitative estimate of drug-likeness (QED) is 0.623. The Hall–Kier alpha value is -2.25. The molecule has 0 N–H and O–H groups in total. The van der Waals surface area contributed by atoms with Gasteiger partial charge in [0, 0.05) is 43.2 Å². The molecule has 1 unspecified atom stereocenters. The second-order valence-corrected chi connectivity index (χ2v) is 9.53.